The molecule has 0 amide bonds. The first kappa shape index (κ1) is 14.3. The van der Waals surface area contributed by atoms with Gasteiger partial charge in [-0.1, -0.05) is 18.2 Å². The number of likely N-dealkylation sites (N-methyl/N-ethyl adjacent to an activating group) is 1. The van der Waals surface area contributed by atoms with Crippen molar-refractivity contribution in [1.29, 1.82) is 0 Å². The Labute approximate surface area is 114 Å². The van der Waals surface area contributed by atoms with Crippen molar-refractivity contribution in [2.24, 2.45) is 0 Å². The lowest BCUT2D eigenvalue weighted by molar-refractivity contribution is -0.0775. The summed E-state index contributed by atoms with van der Waals surface area (Å²) < 4.78 is 10.9. The number of para-hydroxylation sites is 1. The molecule has 1 aliphatic heterocycles. The highest BCUT2D eigenvalue weighted by molar-refractivity contribution is 5.20. The predicted molar refractivity (Wildman–Crippen MR) is 74.4 cm³/mol. The molecule has 0 spiro atoms. The molecule has 19 heavy (non-hydrogen) atoms. The zero-order chi connectivity index (χ0) is 13.6. The van der Waals surface area contributed by atoms with Crippen molar-refractivity contribution < 1.29 is 14.6 Å². The highest BCUT2D eigenvalue weighted by Crippen LogP contribution is 2.21. The smallest absolute Gasteiger partial charge is 0.119 e. The van der Waals surface area contributed by atoms with E-state index in [0.29, 0.717) is 26.4 Å². The first-order valence-electron chi connectivity index (χ1n) is 6.84. The molecule has 1 fully saturated rings. The van der Waals surface area contributed by atoms with Gasteiger partial charge in [-0.05, 0) is 19.2 Å². The first-order valence-corrected chi connectivity index (χ1v) is 6.84. The van der Waals surface area contributed by atoms with Crippen molar-refractivity contribution in [2.45, 2.75) is 18.4 Å². The standard InChI is InChI=1S/C15H23NO3/c1-16(13-15(17)7-10-18-11-8-15)9-12-19-14-5-3-2-4-6-14/h2-6,17H,7-13H2,1H3. The summed E-state index contributed by atoms with van der Waals surface area (Å²) in [5, 5.41) is 10.4. The number of ether oxygens (including phenoxy) is 2. The van der Waals surface area contributed by atoms with Gasteiger partial charge in [-0.3, -0.25) is 0 Å². The molecule has 4 nitrogen and oxygen atoms in total. The number of benzene rings is 1. The van der Waals surface area contributed by atoms with Crippen LogP contribution in [0.3, 0.4) is 0 Å². The molecule has 0 radical (unpaired) electrons. The van der Waals surface area contributed by atoms with Crippen LogP contribution in [0.2, 0.25) is 0 Å². The van der Waals surface area contributed by atoms with Gasteiger partial charge in [0, 0.05) is 39.1 Å². The van der Waals surface area contributed by atoms with Gasteiger partial charge >= 0.3 is 0 Å². The molecule has 2 rings (SSSR count). The fourth-order valence-corrected chi connectivity index (χ4v) is 2.33. The van der Waals surface area contributed by atoms with E-state index in [-0.39, 0.29) is 0 Å². The lowest BCUT2D eigenvalue weighted by atomic mass is 9.94. The highest BCUT2D eigenvalue weighted by atomic mass is 16.5. The summed E-state index contributed by atoms with van der Waals surface area (Å²) in [5.74, 6) is 0.890. The van der Waals surface area contributed by atoms with Crippen LogP contribution in [0.4, 0.5) is 0 Å². The SMILES string of the molecule is CN(CCOc1ccccc1)CC1(O)CCOCC1. The minimum Gasteiger partial charge on any atom is -0.492 e. The van der Waals surface area contributed by atoms with E-state index in [1.807, 2.05) is 37.4 Å². The Hall–Kier alpha value is -1.10. The third-order valence-electron chi connectivity index (χ3n) is 3.47. The van der Waals surface area contributed by atoms with Crippen LogP contribution in [-0.4, -0.2) is 55.6 Å². The van der Waals surface area contributed by atoms with Gasteiger partial charge in [-0.25, -0.2) is 0 Å². The molecular formula is C15H23NO3. The van der Waals surface area contributed by atoms with Crippen LogP contribution in [-0.2, 0) is 4.74 Å². The van der Waals surface area contributed by atoms with Gasteiger partial charge in [0.05, 0.1) is 5.60 Å². The lowest BCUT2D eigenvalue weighted by Gasteiger charge is -2.35. The largest absolute Gasteiger partial charge is 0.492 e. The topological polar surface area (TPSA) is 41.9 Å². The Bertz CT molecular complexity index is 363. The fourth-order valence-electron chi connectivity index (χ4n) is 2.33. The number of hydrogen-bond acceptors (Lipinski definition) is 4. The second kappa shape index (κ2) is 6.89. The van der Waals surface area contributed by atoms with E-state index in [1.165, 1.54) is 0 Å². The van der Waals surface area contributed by atoms with Crippen molar-refractivity contribution in [3.05, 3.63) is 30.3 Å². The number of hydrogen-bond donors (Lipinski definition) is 1. The number of aliphatic hydroxyl groups is 1. The summed E-state index contributed by atoms with van der Waals surface area (Å²) in [6.45, 7) is 3.43. The average molecular weight is 265 g/mol. The molecule has 1 heterocycles. The van der Waals surface area contributed by atoms with Crippen molar-refractivity contribution >= 4 is 0 Å². The van der Waals surface area contributed by atoms with E-state index in [1.54, 1.807) is 0 Å². The Morgan fingerprint density at radius 3 is 2.63 bits per heavy atom. The van der Waals surface area contributed by atoms with Crippen molar-refractivity contribution in [3.8, 4) is 5.75 Å². The molecule has 1 aromatic rings. The van der Waals surface area contributed by atoms with Gasteiger partial charge in [0.15, 0.2) is 0 Å². The molecule has 0 atom stereocenters. The monoisotopic (exact) mass is 265 g/mol. The second-order valence-electron chi connectivity index (χ2n) is 5.24. The zero-order valence-corrected chi connectivity index (χ0v) is 11.5. The predicted octanol–water partition coefficient (Wildman–Crippen LogP) is 1.54. The van der Waals surface area contributed by atoms with Crippen LogP contribution < -0.4 is 4.74 Å². The van der Waals surface area contributed by atoms with Crippen molar-refractivity contribution in [2.75, 3.05) is 40.0 Å². The maximum atomic E-state index is 10.4. The van der Waals surface area contributed by atoms with Crippen molar-refractivity contribution in [1.82, 2.24) is 4.90 Å². The van der Waals surface area contributed by atoms with E-state index in [4.69, 9.17) is 9.47 Å². The maximum Gasteiger partial charge on any atom is 0.119 e. The van der Waals surface area contributed by atoms with Gasteiger partial charge in [0.2, 0.25) is 0 Å². The van der Waals surface area contributed by atoms with E-state index in [0.717, 1.165) is 25.1 Å². The summed E-state index contributed by atoms with van der Waals surface area (Å²) in [5.41, 5.74) is -0.597. The Morgan fingerprint density at radius 1 is 1.26 bits per heavy atom. The molecule has 4 heteroatoms. The summed E-state index contributed by atoms with van der Waals surface area (Å²) in [4.78, 5) is 2.12. The minimum absolute atomic E-state index is 0.597. The second-order valence-corrected chi connectivity index (χ2v) is 5.24. The fraction of sp³-hybridized carbons (Fsp3) is 0.600. The Kier molecular flexibility index (Phi) is 5.19. The molecule has 1 aliphatic rings. The average Bonchev–Trinajstić information content (AvgIpc) is 2.40. The molecule has 0 aromatic heterocycles. The van der Waals surface area contributed by atoms with E-state index in [2.05, 4.69) is 4.90 Å². The molecule has 0 bridgehead atoms. The Balaban J connectivity index is 1.68. The third kappa shape index (κ3) is 4.82. The first-order chi connectivity index (χ1) is 9.18. The normalized spacial score (nSPS) is 18.5. The van der Waals surface area contributed by atoms with E-state index < -0.39 is 5.60 Å². The molecule has 0 unspecified atom stereocenters. The van der Waals surface area contributed by atoms with E-state index >= 15 is 0 Å². The summed E-state index contributed by atoms with van der Waals surface area (Å²) >= 11 is 0. The Morgan fingerprint density at radius 2 is 1.95 bits per heavy atom. The van der Waals surface area contributed by atoms with Crippen LogP contribution in [0.25, 0.3) is 0 Å². The van der Waals surface area contributed by atoms with Crippen LogP contribution in [0, 0.1) is 0 Å². The number of rotatable bonds is 6. The van der Waals surface area contributed by atoms with E-state index in [9.17, 15) is 5.11 Å². The maximum absolute atomic E-state index is 10.4. The molecule has 106 valence electrons. The van der Waals surface area contributed by atoms with Crippen LogP contribution >= 0.6 is 0 Å². The lowest BCUT2D eigenvalue weighted by Crippen LogP contribution is -2.46. The van der Waals surface area contributed by atoms with Gasteiger partial charge in [-0.15, -0.1) is 0 Å². The minimum atomic E-state index is -0.597. The molecule has 0 saturated carbocycles. The molecule has 0 aliphatic carbocycles. The number of nitrogens with zero attached hydrogens (tertiary/aromatic N) is 1. The highest BCUT2D eigenvalue weighted by Gasteiger charge is 2.30. The van der Waals surface area contributed by atoms with Crippen molar-refractivity contribution in [3.63, 3.8) is 0 Å². The molecular weight excluding hydrogens is 242 g/mol. The quantitative estimate of drug-likeness (QED) is 0.847. The summed E-state index contributed by atoms with van der Waals surface area (Å²) in [6.07, 6.45) is 1.44. The summed E-state index contributed by atoms with van der Waals surface area (Å²) in [6, 6.07) is 9.80. The molecule has 1 aromatic carbocycles. The van der Waals surface area contributed by atoms with Crippen LogP contribution in [0.15, 0.2) is 30.3 Å². The van der Waals surface area contributed by atoms with Crippen LogP contribution in [0.5, 0.6) is 5.75 Å². The van der Waals surface area contributed by atoms with Gasteiger partial charge in [0.25, 0.3) is 0 Å². The summed E-state index contributed by atoms with van der Waals surface area (Å²) in [7, 11) is 2.02. The molecule has 1 N–H and O–H groups in total. The van der Waals surface area contributed by atoms with Gasteiger partial charge < -0.3 is 19.5 Å². The molecule has 1 saturated heterocycles. The third-order valence-corrected chi connectivity index (χ3v) is 3.47. The van der Waals surface area contributed by atoms with Crippen LogP contribution in [0.1, 0.15) is 12.8 Å². The zero-order valence-electron chi connectivity index (χ0n) is 11.5. The van der Waals surface area contributed by atoms with Gasteiger partial charge in [-0.2, -0.15) is 0 Å². The van der Waals surface area contributed by atoms with Gasteiger partial charge in [0.1, 0.15) is 12.4 Å².